The minimum atomic E-state index is -3.64. The second-order valence-corrected chi connectivity index (χ2v) is 13.6. The standard InChI is InChI=1S/C32H31FN4O4S/c1-18-23-6-4-3-5-19(23)11-12-37(18)32(39)22-13-26(20-7-8-20)30-34-29(17-36(30)16-22)24-10-9-21(14-28(24)33)25-15-27(25)31(38)35-42(2,40)41/h3-6,9-10,13-14,16-18,20,25,27H,7-8,11-12,15H2,1-2H3,(H,35,38)/t18-,25+,27-/m1/s1. The van der Waals surface area contributed by atoms with Crippen molar-refractivity contribution in [1.82, 2.24) is 19.0 Å². The monoisotopic (exact) mass is 586 g/mol. The van der Waals surface area contributed by atoms with Crippen LogP contribution in [0.15, 0.2) is 60.9 Å². The van der Waals surface area contributed by atoms with Crippen LogP contribution in [-0.4, -0.2) is 47.3 Å². The lowest BCUT2D eigenvalue weighted by Gasteiger charge is -2.35. The van der Waals surface area contributed by atoms with Gasteiger partial charge in [0.05, 0.1) is 23.6 Å². The van der Waals surface area contributed by atoms with Gasteiger partial charge in [0.2, 0.25) is 15.9 Å². The van der Waals surface area contributed by atoms with Crippen molar-refractivity contribution in [1.29, 1.82) is 0 Å². The third kappa shape index (κ3) is 4.87. The van der Waals surface area contributed by atoms with Crippen LogP contribution in [0.1, 0.15) is 76.7 Å². The first-order valence-corrected chi connectivity index (χ1v) is 16.2. The molecule has 4 aromatic rings. The van der Waals surface area contributed by atoms with Crippen molar-refractivity contribution in [2.75, 3.05) is 12.8 Å². The number of imidazole rings is 1. The van der Waals surface area contributed by atoms with E-state index >= 15 is 4.39 Å². The van der Waals surface area contributed by atoms with E-state index < -0.39 is 27.7 Å². The highest BCUT2D eigenvalue weighted by atomic mass is 32.2. The van der Waals surface area contributed by atoms with E-state index in [2.05, 4.69) is 19.1 Å². The zero-order valence-corrected chi connectivity index (χ0v) is 24.2. The van der Waals surface area contributed by atoms with E-state index in [9.17, 15) is 18.0 Å². The summed E-state index contributed by atoms with van der Waals surface area (Å²) in [6.45, 7) is 2.72. The number of amides is 2. The van der Waals surface area contributed by atoms with Gasteiger partial charge in [-0.2, -0.15) is 0 Å². The summed E-state index contributed by atoms with van der Waals surface area (Å²) in [6, 6.07) is 15.0. The summed E-state index contributed by atoms with van der Waals surface area (Å²) in [6.07, 6.45) is 7.85. The molecule has 0 radical (unpaired) electrons. The predicted molar refractivity (Wildman–Crippen MR) is 156 cm³/mol. The Morgan fingerprint density at radius 2 is 1.83 bits per heavy atom. The quantitative estimate of drug-likeness (QED) is 0.344. The smallest absolute Gasteiger partial charge is 0.255 e. The van der Waals surface area contributed by atoms with Gasteiger partial charge in [-0.15, -0.1) is 0 Å². The van der Waals surface area contributed by atoms with Crippen molar-refractivity contribution in [3.05, 3.63) is 94.6 Å². The second kappa shape index (κ2) is 9.76. The number of nitrogens with zero attached hydrogens (tertiary/aromatic N) is 3. The molecule has 0 bridgehead atoms. The molecule has 2 amide bonds. The van der Waals surface area contributed by atoms with Crippen LogP contribution in [0.5, 0.6) is 0 Å². The molecule has 2 fully saturated rings. The molecular formula is C32H31FN4O4S. The summed E-state index contributed by atoms with van der Waals surface area (Å²) < 4.78 is 42.1. The van der Waals surface area contributed by atoms with Crippen LogP contribution in [0.2, 0.25) is 0 Å². The largest absolute Gasteiger partial charge is 0.331 e. The van der Waals surface area contributed by atoms with E-state index in [0.717, 1.165) is 36.7 Å². The molecule has 216 valence electrons. The Morgan fingerprint density at radius 3 is 2.57 bits per heavy atom. The predicted octanol–water partition coefficient (Wildman–Crippen LogP) is 4.96. The van der Waals surface area contributed by atoms with Crippen molar-refractivity contribution in [2.45, 2.75) is 50.5 Å². The fourth-order valence-electron chi connectivity index (χ4n) is 6.36. The second-order valence-electron chi connectivity index (χ2n) is 11.9. The Morgan fingerprint density at radius 1 is 1.05 bits per heavy atom. The zero-order valence-electron chi connectivity index (χ0n) is 23.4. The highest BCUT2D eigenvalue weighted by molar-refractivity contribution is 7.89. The SMILES string of the molecule is C[C@@H]1c2ccccc2CCN1C(=O)c1cc(C2CC2)c2nc(-c3ccc([C@@H]4C[C@H]4C(=O)NS(C)(=O)=O)cc3F)cn2c1. The summed E-state index contributed by atoms with van der Waals surface area (Å²) in [7, 11) is -3.64. The molecule has 0 saturated heterocycles. The van der Waals surface area contributed by atoms with Crippen molar-refractivity contribution in [3.8, 4) is 11.3 Å². The molecule has 42 heavy (non-hydrogen) atoms. The van der Waals surface area contributed by atoms with Crippen LogP contribution in [0.25, 0.3) is 16.9 Å². The molecule has 3 atom stereocenters. The minimum Gasteiger partial charge on any atom is -0.331 e. The summed E-state index contributed by atoms with van der Waals surface area (Å²) in [5.74, 6) is -1.44. The maximum absolute atomic E-state index is 15.4. The van der Waals surface area contributed by atoms with Gasteiger partial charge >= 0.3 is 0 Å². The van der Waals surface area contributed by atoms with Crippen LogP contribution in [0.4, 0.5) is 4.39 Å². The van der Waals surface area contributed by atoms with Crippen molar-refractivity contribution in [2.24, 2.45) is 5.92 Å². The van der Waals surface area contributed by atoms with Gasteiger partial charge in [0.1, 0.15) is 11.5 Å². The fourth-order valence-corrected chi connectivity index (χ4v) is 6.88. The van der Waals surface area contributed by atoms with Gasteiger partial charge in [0.25, 0.3) is 5.91 Å². The third-order valence-corrected chi connectivity index (χ3v) is 9.38. The lowest BCUT2D eigenvalue weighted by atomic mass is 9.93. The molecule has 10 heteroatoms. The van der Waals surface area contributed by atoms with E-state index in [4.69, 9.17) is 4.98 Å². The average molecular weight is 587 g/mol. The number of nitrogens with one attached hydrogen (secondary N) is 1. The molecule has 2 aliphatic carbocycles. The van der Waals surface area contributed by atoms with Gasteiger partial charge in [0.15, 0.2) is 0 Å². The molecule has 1 N–H and O–H groups in total. The van der Waals surface area contributed by atoms with Gasteiger partial charge < -0.3 is 9.30 Å². The maximum atomic E-state index is 15.4. The number of fused-ring (bicyclic) bond motifs is 2. The molecule has 1 aliphatic heterocycles. The lowest BCUT2D eigenvalue weighted by molar-refractivity contribution is -0.120. The molecule has 3 heterocycles. The highest BCUT2D eigenvalue weighted by Gasteiger charge is 2.45. The van der Waals surface area contributed by atoms with Gasteiger partial charge in [-0.3, -0.25) is 14.3 Å². The highest BCUT2D eigenvalue weighted by Crippen LogP contribution is 2.48. The van der Waals surface area contributed by atoms with Gasteiger partial charge in [0, 0.05) is 30.4 Å². The van der Waals surface area contributed by atoms with Crippen molar-refractivity contribution >= 4 is 27.5 Å². The van der Waals surface area contributed by atoms with E-state index in [1.165, 1.54) is 17.2 Å². The van der Waals surface area contributed by atoms with Crippen LogP contribution in [-0.2, 0) is 21.2 Å². The summed E-state index contributed by atoms with van der Waals surface area (Å²) in [5.41, 5.74) is 6.24. The van der Waals surface area contributed by atoms with Crippen LogP contribution >= 0.6 is 0 Å². The van der Waals surface area contributed by atoms with Crippen LogP contribution < -0.4 is 4.72 Å². The van der Waals surface area contributed by atoms with Crippen LogP contribution in [0.3, 0.4) is 0 Å². The first kappa shape index (κ1) is 26.8. The Kier molecular flexibility index (Phi) is 6.23. The number of sulfonamides is 1. The molecule has 0 unspecified atom stereocenters. The Bertz CT molecular complexity index is 1880. The van der Waals surface area contributed by atoms with Gasteiger partial charge in [-0.05, 0) is 84.9 Å². The summed E-state index contributed by atoms with van der Waals surface area (Å²) in [4.78, 5) is 32.7. The Labute approximate surface area is 243 Å². The lowest BCUT2D eigenvalue weighted by Crippen LogP contribution is -2.39. The van der Waals surface area contributed by atoms with E-state index in [1.807, 2.05) is 32.2 Å². The number of rotatable bonds is 6. The number of hydrogen-bond donors (Lipinski definition) is 1. The Balaban J connectivity index is 1.17. The molecule has 0 spiro atoms. The summed E-state index contributed by atoms with van der Waals surface area (Å²) >= 11 is 0. The first-order valence-electron chi connectivity index (χ1n) is 14.3. The zero-order chi connectivity index (χ0) is 29.3. The van der Waals surface area contributed by atoms with Gasteiger partial charge in [-0.25, -0.2) is 17.8 Å². The number of halogens is 1. The Hall–Kier alpha value is -4.05. The van der Waals surface area contributed by atoms with E-state index in [0.29, 0.717) is 41.3 Å². The molecule has 3 aliphatic rings. The normalized spacial score (nSPS) is 21.7. The molecule has 2 aromatic heterocycles. The van der Waals surface area contributed by atoms with Crippen LogP contribution in [0, 0.1) is 11.7 Å². The average Bonchev–Trinajstić information content (AvgIpc) is 3.88. The number of hydrogen-bond acceptors (Lipinski definition) is 5. The minimum absolute atomic E-state index is 0.0227. The molecule has 2 aromatic carbocycles. The number of carbonyl (C=O) groups excluding carboxylic acids is 2. The first-order chi connectivity index (χ1) is 20.1. The number of benzene rings is 2. The fraction of sp³-hybridized carbons (Fsp3) is 0.344. The molecular weight excluding hydrogens is 555 g/mol. The third-order valence-electron chi connectivity index (χ3n) is 8.81. The van der Waals surface area contributed by atoms with Gasteiger partial charge in [-0.1, -0.05) is 30.3 Å². The number of aromatic nitrogens is 2. The van der Waals surface area contributed by atoms with E-state index in [-0.39, 0.29) is 17.9 Å². The summed E-state index contributed by atoms with van der Waals surface area (Å²) in [5, 5.41) is 0. The molecule has 8 nitrogen and oxygen atoms in total. The molecule has 2 saturated carbocycles. The van der Waals surface area contributed by atoms with E-state index in [1.54, 1.807) is 24.5 Å². The molecule has 7 rings (SSSR count). The number of carbonyl (C=O) groups is 2. The van der Waals surface area contributed by atoms with Crippen molar-refractivity contribution in [3.63, 3.8) is 0 Å². The number of pyridine rings is 1. The maximum Gasteiger partial charge on any atom is 0.255 e. The topological polar surface area (TPSA) is 101 Å². The van der Waals surface area contributed by atoms with Crippen molar-refractivity contribution < 1.29 is 22.4 Å².